The number of amides is 2. The summed E-state index contributed by atoms with van der Waals surface area (Å²) in [5.41, 5.74) is 1.10. The molecule has 2 heterocycles. The Morgan fingerprint density at radius 1 is 1.09 bits per heavy atom. The molecule has 0 aliphatic carbocycles. The molecule has 2 aliphatic heterocycles. The molecule has 22 heavy (non-hydrogen) atoms. The zero-order valence-electron chi connectivity index (χ0n) is 12.7. The Balaban J connectivity index is 1.79. The van der Waals surface area contributed by atoms with Crippen LogP contribution in [0.5, 0.6) is 0 Å². The van der Waals surface area contributed by atoms with Crippen LogP contribution in [0, 0.1) is 5.82 Å². The Morgan fingerprint density at radius 2 is 1.82 bits per heavy atom. The number of halogens is 1. The fraction of sp³-hybridized carbons (Fsp3) is 0.529. The highest BCUT2D eigenvalue weighted by molar-refractivity contribution is 6.01. The molecule has 0 bridgehead atoms. The SMILES string of the molecule is O=C(CN1C(=O)CCc2cccc(F)c21)N1CCCCCC1. The normalized spacial score (nSPS) is 18.9. The van der Waals surface area contributed by atoms with Crippen molar-refractivity contribution in [3.05, 3.63) is 29.6 Å². The molecule has 0 atom stereocenters. The minimum Gasteiger partial charge on any atom is -0.341 e. The van der Waals surface area contributed by atoms with Crippen molar-refractivity contribution >= 4 is 17.5 Å². The van der Waals surface area contributed by atoms with Gasteiger partial charge in [0.05, 0.1) is 5.69 Å². The Morgan fingerprint density at radius 3 is 2.55 bits per heavy atom. The van der Waals surface area contributed by atoms with E-state index in [1.807, 2.05) is 11.0 Å². The number of para-hydroxylation sites is 1. The lowest BCUT2D eigenvalue weighted by Gasteiger charge is -2.31. The van der Waals surface area contributed by atoms with Gasteiger partial charge < -0.3 is 4.90 Å². The standard InChI is InChI=1S/C17H21FN2O2/c18-14-7-5-6-13-8-9-15(21)20(17(13)14)12-16(22)19-10-3-1-2-4-11-19/h5-7H,1-4,8-12H2. The number of rotatable bonds is 2. The van der Waals surface area contributed by atoms with E-state index in [0.29, 0.717) is 18.5 Å². The summed E-state index contributed by atoms with van der Waals surface area (Å²) < 4.78 is 14.1. The molecule has 4 nitrogen and oxygen atoms in total. The third kappa shape index (κ3) is 2.98. The van der Waals surface area contributed by atoms with Gasteiger partial charge >= 0.3 is 0 Å². The molecule has 1 aromatic carbocycles. The number of hydrogen-bond donors (Lipinski definition) is 0. The van der Waals surface area contributed by atoms with Gasteiger partial charge in [-0.1, -0.05) is 25.0 Å². The smallest absolute Gasteiger partial charge is 0.242 e. The molecular weight excluding hydrogens is 283 g/mol. The van der Waals surface area contributed by atoms with E-state index >= 15 is 0 Å². The van der Waals surface area contributed by atoms with Crippen molar-refractivity contribution in [2.45, 2.75) is 38.5 Å². The number of fused-ring (bicyclic) bond motifs is 1. The second kappa shape index (κ2) is 6.46. The maximum absolute atomic E-state index is 14.1. The van der Waals surface area contributed by atoms with Crippen molar-refractivity contribution in [3.8, 4) is 0 Å². The second-order valence-corrected chi connectivity index (χ2v) is 6.02. The van der Waals surface area contributed by atoms with Gasteiger partial charge in [0, 0.05) is 19.5 Å². The number of anilines is 1. The third-order valence-electron chi connectivity index (χ3n) is 4.50. The molecule has 1 aromatic rings. The molecule has 0 N–H and O–H groups in total. The first-order chi connectivity index (χ1) is 10.7. The zero-order chi connectivity index (χ0) is 15.5. The molecule has 5 heteroatoms. The molecule has 0 saturated carbocycles. The average Bonchev–Trinajstić information content (AvgIpc) is 2.79. The Bertz CT molecular complexity index is 580. The van der Waals surface area contributed by atoms with Crippen LogP contribution in [0.3, 0.4) is 0 Å². The fourth-order valence-corrected chi connectivity index (χ4v) is 3.29. The highest BCUT2D eigenvalue weighted by Crippen LogP contribution is 2.30. The number of likely N-dealkylation sites (tertiary alicyclic amines) is 1. The van der Waals surface area contributed by atoms with Gasteiger partial charge in [0.1, 0.15) is 12.4 Å². The van der Waals surface area contributed by atoms with Crippen LogP contribution < -0.4 is 4.90 Å². The van der Waals surface area contributed by atoms with Crippen molar-refractivity contribution in [3.63, 3.8) is 0 Å². The van der Waals surface area contributed by atoms with Crippen LogP contribution in [0.15, 0.2) is 18.2 Å². The molecule has 3 rings (SSSR count). The molecule has 0 unspecified atom stereocenters. The Hall–Kier alpha value is -1.91. The van der Waals surface area contributed by atoms with E-state index in [1.165, 1.54) is 11.0 Å². The number of hydrogen-bond acceptors (Lipinski definition) is 2. The highest BCUT2D eigenvalue weighted by Gasteiger charge is 2.30. The van der Waals surface area contributed by atoms with Crippen molar-refractivity contribution < 1.29 is 14.0 Å². The van der Waals surface area contributed by atoms with E-state index in [2.05, 4.69) is 0 Å². The van der Waals surface area contributed by atoms with Gasteiger partial charge in [-0.15, -0.1) is 0 Å². The monoisotopic (exact) mass is 304 g/mol. The first kappa shape index (κ1) is 15.0. The minimum absolute atomic E-state index is 0.0488. The topological polar surface area (TPSA) is 40.6 Å². The summed E-state index contributed by atoms with van der Waals surface area (Å²) in [4.78, 5) is 27.8. The van der Waals surface area contributed by atoms with Gasteiger partial charge in [-0.05, 0) is 30.9 Å². The molecule has 2 aliphatic rings. The van der Waals surface area contributed by atoms with E-state index in [4.69, 9.17) is 0 Å². The van der Waals surface area contributed by atoms with E-state index in [0.717, 1.165) is 44.3 Å². The summed E-state index contributed by atoms with van der Waals surface area (Å²) in [6, 6.07) is 4.83. The number of carbonyl (C=O) groups excluding carboxylic acids is 2. The van der Waals surface area contributed by atoms with E-state index in [9.17, 15) is 14.0 Å². The maximum Gasteiger partial charge on any atom is 0.242 e. The van der Waals surface area contributed by atoms with Crippen molar-refractivity contribution in [2.24, 2.45) is 0 Å². The molecular formula is C17H21FN2O2. The molecule has 1 saturated heterocycles. The summed E-state index contributed by atoms with van der Waals surface area (Å²) in [6.45, 7) is 1.43. The summed E-state index contributed by atoms with van der Waals surface area (Å²) >= 11 is 0. The molecule has 2 amide bonds. The molecule has 118 valence electrons. The van der Waals surface area contributed by atoms with Gasteiger partial charge in [0.2, 0.25) is 11.8 Å². The summed E-state index contributed by atoms with van der Waals surface area (Å²) in [5, 5.41) is 0. The van der Waals surface area contributed by atoms with Crippen LogP contribution in [0.25, 0.3) is 0 Å². The van der Waals surface area contributed by atoms with Gasteiger partial charge in [0.25, 0.3) is 0 Å². The third-order valence-corrected chi connectivity index (χ3v) is 4.50. The van der Waals surface area contributed by atoms with Gasteiger partial charge in [-0.25, -0.2) is 4.39 Å². The Kier molecular flexibility index (Phi) is 4.41. The number of aryl methyl sites for hydroxylation is 1. The predicted molar refractivity (Wildman–Crippen MR) is 82.1 cm³/mol. The van der Waals surface area contributed by atoms with Crippen LogP contribution in [0.4, 0.5) is 10.1 Å². The molecule has 0 radical (unpaired) electrons. The average molecular weight is 304 g/mol. The van der Waals surface area contributed by atoms with Crippen LogP contribution in [-0.4, -0.2) is 36.3 Å². The van der Waals surface area contributed by atoms with E-state index < -0.39 is 5.82 Å². The van der Waals surface area contributed by atoms with E-state index in [1.54, 1.807) is 6.07 Å². The number of benzene rings is 1. The van der Waals surface area contributed by atoms with Gasteiger partial charge in [0.15, 0.2) is 0 Å². The molecule has 1 fully saturated rings. The van der Waals surface area contributed by atoms with Crippen molar-refractivity contribution in [1.29, 1.82) is 0 Å². The highest BCUT2D eigenvalue weighted by atomic mass is 19.1. The second-order valence-electron chi connectivity index (χ2n) is 6.02. The molecule has 0 spiro atoms. The quantitative estimate of drug-likeness (QED) is 0.842. The van der Waals surface area contributed by atoms with Crippen LogP contribution >= 0.6 is 0 Å². The lowest BCUT2D eigenvalue weighted by molar-refractivity contribution is -0.131. The first-order valence-electron chi connectivity index (χ1n) is 8.02. The van der Waals surface area contributed by atoms with Crippen LogP contribution in [0.1, 0.15) is 37.7 Å². The number of nitrogens with zero attached hydrogens (tertiary/aromatic N) is 2. The lowest BCUT2D eigenvalue weighted by atomic mass is 10.0. The molecule has 0 aromatic heterocycles. The fourth-order valence-electron chi connectivity index (χ4n) is 3.29. The van der Waals surface area contributed by atoms with Crippen molar-refractivity contribution in [2.75, 3.05) is 24.5 Å². The van der Waals surface area contributed by atoms with Gasteiger partial charge in [-0.2, -0.15) is 0 Å². The Labute approximate surface area is 129 Å². The lowest BCUT2D eigenvalue weighted by Crippen LogP contribution is -2.45. The van der Waals surface area contributed by atoms with Crippen LogP contribution in [-0.2, 0) is 16.0 Å². The van der Waals surface area contributed by atoms with Crippen LogP contribution in [0.2, 0.25) is 0 Å². The predicted octanol–water partition coefficient (Wildman–Crippen LogP) is 2.51. The summed E-state index contributed by atoms with van der Waals surface area (Å²) in [7, 11) is 0. The zero-order valence-corrected chi connectivity index (χ0v) is 12.7. The summed E-state index contributed by atoms with van der Waals surface area (Å²) in [5.74, 6) is -0.665. The largest absolute Gasteiger partial charge is 0.341 e. The summed E-state index contributed by atoms with van der Waals surface area (Å²) in [6.07, 6.45) is 5.17. The maximum atomic E-state index is 14.1. The minimum atomic E-state index is -0.422. The van der Waals surface area contributed by atoms with Gasteiger partial charge in [-0.3, -0.25) is 14.5 Å². The van der Waals surface area contributed by atoms with Crippen molar-refractivity contribution in [1.82, 2.24) is 4.90 Å². The number of carbonyl (C=O) groups is 2. The van der Waals surface area contributed by atoms with E-state index in [-0.39, 0.29) is 18.4 Å². The first-order valence-corrected chi connectivity index (χ1v) is 8.02.